The molecule has 1 aliphatic rings. The van der Waals surface area contributed by atoms with Crippen LogP contribution in [0.1, 0.15) is 44.0 Å². The SMILES string of the molecule is CC(N)CCC(=O)Nc1ccc(C(=O)N2CC(C)OC(C)C2)cc1. The van der Waals surface area contributed by atoms with Crippen molar-refractivity contribution in [3.63, 3.8) is 0 Å². The van der Waals surface area contributed by atoms with Crippen LogP contribution in [0.15, 0.2) is 24.3 Å². The normalized spacial score (nSPS) is 22.1. The zero-order valence-corrected chi connectivity index (χ0v) is 14.6. The van der Waals surface area contributed by atoms with E-state index in [1.165, 1.54) is 0 Å². The van der Waals surface area contributed by atoms with Gasteiger partial charge in [-0.3, -0.25) is 9.59 Å². The zero-order valence-electron chi connectivity index (χ0n) is 14.6. The molecule has 0 bridgehead atoms. The fraction of sp³-hybridized carbons (Fsp3) is 0.556. The number of hydrogen-bond donors (Lipinski definition) is 2. The van der Waals surface area contributed by atoms with E-state index in [9.17, 15) is 9.59 Å². The van der Waals surface area contributed by atoms with Gasteiger partial charge in [-0.25, -0.2) is 0 Å². The monoisotopic (exact) mass is 333 g/mol. The predicted octanol–water partition coefficient (Wildman–Crippen LogP) is 2.00. The standard InChI is InChI=1S/C18H27N3O3/c1-12(19)4-9-17(22)20-16-7-5-15(6-8-16)18(23)21-10-13(2)24-14(3)11-21/h5-8,12-14H,4,9-11,19H2,1-3H3,(H,20,22). The van der Waals surface area contributed by atoms with Crippen LogP contribution in [0.2, 0.25) is 0 Å². The minimum Gasteiger partial charge on any atom is -0.372 e. The van der Waals surface area contributed by atoms with Crippen molar-refractivity contribution >= 4 is 17.5 Å². The smallest absolute Gasteiger partial charge is 0.254 e. The molecule has 0 aromatic heterocycles. The van der Waals surface area contributed by atoms with E-state index in [-0.39, 0.29) is 30.1 Å². The molecule has 1 heterocycles. The highest BCUT2D eigenvalue weighted by Crippen LogP contribution is 2.16. The number of ether oxygens (including phenoxy) is 1. The number of carbonyl (C=O) groups excluding carboxylic acids is 2. The third kappa shape index (κ3) is 5.32. The van der Waals surface area contributed by atoms with Gasteiger partial charge in [0.05, 0.1) is 12.2 Å². The molecule has 1 fully saturated rings. The van der Waals surface area contributed by atoms with Crippen molar-refractivity contribution in [2.45, 2.75) is 51.9 Å². The Morgan fingerprint density at radius 1 is 1.25 bits per heavy atom. The second-order valence-corrected chi connectivity index (χ2v) is 6.61. The first-order valence-electron chi connectivity index (χ1n) is 8.45. The lowest BCUT2D eigenvalue weighted by molar-refractivity contribution is -0.116. The van der Waals surface area contributed by atoms with Gasteiger partial charge in [-0.1, -0.05) is 0 Å². The summed E-state index contributed by atoms with van der Waals surface area (Å²) in [6, 6.07) is 7.01. The van der Waals surface area contributed by atoms with Crippen LogP contribution in [0, 0.1) is 0 Å². The van der Waals surface area contributed by atoms with Gasteiger partial charge in [-0.15, -0.1) is 0 Å². The highest BCUT2D eigenvalue weighted by Gasteiger charge is 2.26. The van der Waals surface area contributed by atoms with Crippen LogP contribution in [-0.2, 0) is 9.53 Å². The molecule has 1 aliphatic heterocycles. The van der Waals surface area contributed by atoms with Crippen LogP contribution in [-0.4, -0.2) is 48.1 Å². The fourth-order valence-electron chi connectivity index (χ4n) is 2.80. The minimum atomic E-state index is -0.0674. The lowest BCUT2D eigenvalue weighted by atomic mass is 10.1. The highest BCUT2D eigenvalue weighted by atomic mass is 16.5. The number of anilines is 1. The van der Waals surface area contributed by atoms with E-state index in [0.29, 0.717) is 37.2 Å². The van der Waals surface area contributed by atoms with Crippen molar-refractivity contribution in [3.05, 3.63) is 29.8 Å². The predicted molar refractivity (Wildman–Crippen MR) is 93.9 cm³/mol. The number of carbonyl (C=O) groups is 2. The molecule has 3 N–H and O–H groups in total. The lowest BCUT2D eigenvalue weighted by Crippen LogP contribution is -2.48. The van der Waals surface area contributed by atoms with E-state index in [2.05, 4.69) is 5.32 Å². The summed E-state index contributed by atoms with van der Waals surface area (Å²) in [5.41, 5.74) is 6.95. The molecule has 0 radical (unpaired) electrons. The Morgan fingerprint density at radius 3 is 2.38 bits per heavy atom. The number of nitrogens with zero attached hydrogens (tertiary/aromatic N) is 1. The summed E-state index contributed by atoms with van der Waals surface area (Å²) in [5, 5.41) is 2.82. The van der Waals surface area contributed by atoms with Crippen LogP contribution in [0.3, 0.4) is 0 Å². The topological polar surface area (TPSA) is 84.7 Å². The van der Waals surface area contributed by atoms with Crippen LogP contribution >= 0.6 is 0 Å². The van der Waals surface area contributed by atoms with E-state index in [1.54, 1.807) is 24.3 Å². The van der Waals surface area contributed by atoms with Crippen molar-refractivity contribution in [2.75, 3.05) is 18.4 Å². The average Bonchev–Trinajstić information content (AvgIpc) is 2.52. The van der Waals surface area contributed by atoms with Crippen molar-refractivity contribution < 1.29 is 14.3 Å². The van der Waals surface area contributed by atoms with E-state index in [1.807, 2.05) is 25.7 Å². The number of morpholine rings is 1. The molecule has 1 aromatic carbocycles. The summed E-state index contributed by atoms with van der Waals surface area (Å²) >= 11 is 0. The van der Waals surface area contributed by atoms with Crippen molar-refractivity contribution in [1.29, 1.82) is 0 Å². The van der Waals surface area contributed by atoms with Gasteiger partial charge in [-0.2, -0.15) is 0 Å². The third-order valence-corrected chi connectivity index (χ3v) is 3.95. The molecule has 0 aliphatic carbocycles. The molecule has 0 saturated carbocycles. The maximum atomic E-state index is 12.6. The van der Waals surface area contributed by atoms with E-state index < -0.39 is 0 Å². The Balaban J connectivity index is 1.93. The molecule has 1 aromatic rings. The van der Waals surface area contributed by atoms with Crippen molar-refractivity contribution in [3.8, 4) is 0 Å². The molecule has 3 unspecified atom stereocenters. The number of hydrogen-bond acceptors (Lipinski definition) is 4. The lowest BCUT2D eigenvalue weighted by Gasteiger charge is -2.35. The zero-order chi connectivity index (χ0) is 17.7. The maximum Gasteiger partial charge on any atom is 0.254 e. The summed E-state index contributed by atoms with van der Waals surface area (Å²) in [5.74, 6) is -0.0750. The second-order valence-electron chi connectivity index (χ2n) is 6.61. The van der Waals surface area contributed by atoms with E-state index >= 15 is 0 Å². The molecule has 1 saturated heterocycles. The summed E-state index contributed by atoms with van der Waals surface area (Å²) in [7, 11) is 0. The van der Waals surface area contributed by atoms with Crippen molar-refractivity contribution in [1.82, 2.24) is 4.90 Å². The number of nitrogens with two attached hydrogens (primary N) is 1. The molecule has 24 heavy (non-hydrogen) atoms. The summed E-state index contributed by atoms with van der Waals surface area (Å²) in [6.45, 7) is 7.01. The maximum absolute atomic E-state index is 12.6. The number of nitrogens with one attached hydrogen (secondary N) is 1. The van der Waals surface area contributed by atoms with Crippen LogP contribution < -0.4 is 11.1 Å². The first kappa shape index (κ1) is 18.4. The average molecular weight is 333 g/mol. The van der Waals surface area contributed by atoms with E-state index in [0.717, 1.165) is 0 Å². The van der Waals surface area contributed by atoms with Crippen LogP contribution in [0.5, 0.6) is 0 Å². The number of amides is 2. The molecular formula is C18H27N3O3. The molecule has 6 heteroatoms. The largest absolute Gasteiger partial charge is 0.372 e. The van der Waals surface area contributed by atoms with Crippen LogP contribution in [0.4, 0.5) is 5.69 Å². The highest BCUT2D eigenvalue weighted by molar-refractivity contribution is 5.96. The molecule has 2 rings (SSSR count). The molecule has 6 nitrogen and oxygen atoms in total. The van der Waals surface area contributed by atoms with Gasteiger partial charge >= 0.3 is 0 Å². The Labute approximate surface area is 143 Å². The van der Waals surface area contributed by atoms with Crippen molar-refractivity contribution in [2.24, 2.45) is 5.73 Å². The molecule has 3 atom stereocenters. The fourth-order valence-corrected chi connectivity index (χ4v) is 2.80. The number of rotatable bonds is 5. The van der Waals surface area contributed by atoms with Gasteiger partial charge < -0.3 is 20.7 Å². The first-order chi connectivity index (χ1) is 11.3. The third-order valence-electron chi connectivity index (χ3n) is 3.95. The summed E-state index contributed by atoms with van der Waals surface area (Å²) < 4.78 is 5.65. The summed E-state index contributed by atoms with van der Waals surface area (Å²) in [6.07, 6.45) is 1.12. The van der Waals surface area contributed by atoms with Gasteiger partial charge in [0.1, 0.15) is 0 Å². The molecule has 0 spiro atoms. The Hall–Kier alpha value is -1.92. The second kappa shape index (κ2) is 8.26. The minimum absolute atomic E-state index is 0.00756. The Morgan fingerprint density at radius 2 is 1.83 bits per heavy atom. The van der Waals surface area contributed by atoms with Gasteiger partial charge in [0, 0.05) is 36.8 Å². The van der Waals surface area contributed by atoms with Gasteiger partial charge in [0.2, 0.25) is 5.91 Å². The van der Waals surface area contributed by atoms with E-state index in [4.69, 9.17) is 10.5 Å². The summed E-state index contributed by atoms with van der Waals surface area (Å²) in [4.78, 5) is 26.2. The van der Waals surface area contributed by atoms with Gasteiger partial charge in [0.25, 0.3) is 5.91 Å². The molecular weight excluding hydrogens is 306 g/mol. The quantitative estimate of drug-likeness (QED) is 0.863. The van der Waals surface area contributed by atoms with Gasteiger partial charge in [0.15, 0.2) is 0 Å². The van der Waals surface area contributed by atoms with Gasteiger partial charge in [-0.05, 0) is 51.5 Å². The molecule has 2 amide bonds. The number of benzene rings is 1. The Bertz CT molecular complexity index is 561. The Kier molecular flexibility index (Phi) is 6.34. The molecule has 132 valence electrons. The van der Waals surface area contributed by atoms with Crippen LogP contribution in [0.25, 0.3) is 0 Å². The first-order valence-corrected chi connectivity index (χ1v) is 8.45.